The zero-order chi connectivity index (χ0) is 21.3. The number of aromatic nitrogens is 1. The highest BCUT2D eigenvalue weighted by Gasteiger charge is 2.47. The Labute approximate surface area is 196 Å². The molecule has 0 atom stereocenters. The lowest BCUT2D eigenvalue weighted by molar-refractivity contribution is -0.00000687. The summed E-state index contributed by atoms with van der Waals surface area (Å²) in [6.45, 7) is 4.19. The molecule has 1 heterocycles. The lowest BCUT2D eigenvalue weighted by Crippen LogP contribution is -3.00. The lowest BCUT2D eigenvalue weighted by atomic mass is 10.1. The van der Waals surface area contributed by atoms with E-state index in [0.29, 0.717) is 0 Å². The molecule has 0 aliphatic carbocycles. The van der Waals surface area contributed by atoms with Gasteiger partial charge >= 0.3 is 0 Å². The smallest absolute Gasteiger partial charge is 0.234 e. The van der Waals surface area contributed by atoms with E-state index in [0.717, 1.165) is 34.3 Å². The Hall–Kier alpha value is -2.93. The van der Waals surface area contributed by atoms with Crippen molar-refractivity contribution in [3.8, 4) is 0 Å². The zero-order valence-electron chi connectivity index (χ0n) is 18.2. The summed E-state index contributed by atoms with van der Waals surface area (Å²) in [5.41, 5.74) is 4.16. The van der Waals surface area contributed by atoms with Gasteiger partial charge in [0.1, 0.15) is 34.9 Å². The molecule has 0 bridgehead atoms. The minimum atomic E-state index is -2.02. The highest BCUT2D eigenvalue weighted by atomic mass is 35.5. The maximum absolute atomic E-state index is 6.42. The molecule has 160 valence electrons. The molecule has 0 aliphatic rings. The number of oxazole rings is 1. The van der Waals surface area contributed by atoms with Crippen molar-refractivity contribution in [2.75, 3.05) is 0 Å². The second-order valence-electron chi connectivity index (χ2n) is 7.96. The van der Waals surface area contributed by atoms with Gasteiger partial charge in [-0.2, -0.15) is 0 Å². The van der Waals surface area contributed by atoms with Gasteiger partial charge < -0.3 is 16.8 Å². The second kappa shape index (κ2) is 9.28. The Morgan fingerprint density at radius 1 is 0.625 bits per heavy atom. The third kappa shape index (κ3) is 3.86. The van der Waals surface area contributed by atoms with Gasteiger partial charge in [-0.1, -0.05) is 66.7 Å². The molecule has 0 saturated heterocycles. The van der Waals surface area contributed by atoms with Crippen LogP contribution in [0.3, 0.4) is 0 Å². The molecular formula is C28H25ClNOP. The van der Waals surface area contributed by atoms with Crippen molar-refractivity contribution in [1.82, 2.24) is 4.98 Å². The standard InChI is InChI=1S/C28H25NOP.ClH/c1-21-18-19-22(2)28-27(21)29-26(30-28)20-31(23-12-6-3-7-13-23,24-14-8-4-9-15-24)25-16-10-5-11-17-25;/h3-19H,20H2,1-2H3;1H/q+1;/p-1. The topological polar surface area (TPSA) is 26.0 Å². The minimum Gasteiger partial charge on any atom is -1.00 e. The summed E-state index contributed by atoms with van der Waals surface area (Å²) >= 11 is 0. The molecule has 0 spiro atoms. The molecule has 2 nitrogen and oxygen atoms in total. The Kier molecular flexibility index (Phi) is 6.46. The monoisotopic (exact) mass is 457 g/mol. The first-order chi connectivity index (χ1) is 15.2. The van der Waals surface area contributed by atoms with Crippen molar-refractivity contribution in [2.24, 2.45) is 0 Å². The summed E-state index contributed by atoms with van der Waals surface area (Å²) < 4.78 is 6.42. The molecule has 0 unspecified atom stereocenters. The van der Waals surface area contributed by atoms with E-state index < -0.39 is 7.26 Å². The Morgan fingerprint density at radius 3 is 1.50 bits per heavy atom. The van der Waals surface area contributed by atoms with E-state index in [1.54, 1.807) is 0 Å². The fourth-order valence-electron chi connectivity index (χ4n) is 4.34. The Morgan fingerprint density at radius 2 is 1.06 bits per heavy atom. The molecule has 5 rings (SSSR count). The largest absolute Gasteiger partial charge is 1.00 e. The second-order valence-corrected chi connectivity index (χ2v) is 11.4. The van der Waals surface area contributed by atoms with Gasteiger partial charge in [0.2, 0.25) is 5.89 Å². The van der Waals surface area contributed by atoms with Crippen molar-refractivity contribution >= 4 is 34.3 Å². The van der Waals surface area contributed by atoms with Crippen LogP contribution in [0.4, 0.5) is 0 Å². The summed E-state index contributed by atoms with van der Waals surface area (Å²) in [6, 6.07) is 36.8. The van der Waals surface area contributed by atoms with Gasteiger partial charge in [0.15, 0.2) is 5.58 Å². The first-order valence-electron chi connectivity index (χ1n) is 10.6. The van der Waals surface area contributed by atoms with Crippen molar-refractivity contribution in [1.29, 1.82) is 0 Å². The fourth-order valence-corrected chi connectivity index (χ4v) is 8.37. The van der Waals surface area contributed by atoms with Crippen LogP contribution >= 0.6 is 7.26 Å². The number of halogens is 1. The van der Waals surface area contributed by atoms with Gasteiger partial charge in [-0.15, -0.1) is 0 Å². The quantitative estimate of drug-likeness (QED) is 0.379. The number of hydrogen-bond acceptors (Lipinski definition) is 2. The summed E-state index contributed by atoms with van der Waals surface area (Å²) in [5.74, 6) is 0.803. The molecular weight excluding hydrogens is 433 g/mol. The highest BCUT2D eigenvalue weighted by Crippen LogP contribution is 2.58. The summed E-state index contributed by atoms with van der Waals surface area (Å²) in [4.78, 5) is 5.00. The average Bonchev–Trinajstić information content (AvgIpc) is 3.27. The number of nitrogens with zero attached hydrogens (tertiary/aromatic N) is 1. The first kappa shape index (κ1) is 22.3. The van der Waals surface area contributed by atoms with Crippen LogP contribution in [-0.4, -0.2) is 4.98 Å². The normalized spacial score (nSPS) is 11.3. The molecule has 4 heteroatoms. The molecule has 0 amide bonds. The van der Waals surface area contributed by atoms with Gasteiger partial charge in [0.05, 0.1) is 0 Å². The van der Waals surface area contributed by atoms with Crippen LogP contribution in [0.1, 0.15) is 17.0 Å². The van der Waals surface area contributed by atoms with E-state index in [1.165, 1.54) is 15.9 Å². The number of aryl methyl sites for hydroxylation is 2. The molecule has 0 saturated carbocycles. The van der Waals surface area contributed by atoms with Gasteiger partial charge in [-0.05, 0) is 61.4 Å². The van der Waals surface area contributed by atoms with E-state index >= 15 is 0 Å². The van der Waals surface area contributed by atoms with E-state index in [4.69, 9.17) is 9.40 Å². The maximum Gasteiger partial charge on any atom is 0.234 e. The molecule has 0 radical (unpaired) electrons. The summed E-state index contributed by atoms with van der Waals surface area (Å²) in [6.07, 6.45) is 0.749. The average molecular weight is 458 g/mol. The van der Waals surface area contributed by atoms with Gasteiger partial charge in [-0.25, -0.2) is 4.98 Å². The third-order valence-corrected chi connectivity index (χ3v) is 10.2. The molecule has 0 fully saturated rings. The molecule has 4 aromatic carbocycles. The van der Waals surface area contributed by atoms with Crippen LogP contribution in [0.25, 0.3) is 11.1 Å². The van der Waals surface area contributed by atoms with Crippen LogP contribution in [0.5, 0.6) is 0 Å². The van der Waals surface area contributed by atoms with Crippen LogP contribution in [0, 0.1) is 13.8 Å². The fraction of sp³-hybridized carbons (Fsp3) is 0.107. The molecule has 1 aromatic heterocycles. The van der Waals surface area contributed by atoms with E-state index in [-0.39, 0.29) is 12.4 Å². The van der Waals surface area contributed by atoms with Crippen molar-refractivity contribution in [2.45, 2.75) is 20.0 Å². The van der Waals surface area contributed by atoms with Crippen LogP contribution < -0.4 is 28.3 Å². The van der Waals surface area contributed by atoms with E-state index in [1.807, 2.05) is 0 Å². The number of fused-ring (bicyclic) bond motifs is 1. The first-order valence-corrected chi connectivity index (χ1v) is 12.6. The Bertz CT molecular complexity index is 1180. The lowest BCUT2D eigenvalue weighted by Gasteiger charge is -2.26. The number of hydrogen-bond donors (Lipinski definition) is 0. The van der Waals surface area contributed by atoms with Crippen LogP contribution in [0.15, 0.2) is 108 Å². The van der Waals surface area contributed by atoms with Crippen molar-refractivity contribution in [3.05, 3.63) is 120 Å². The maximum atomic E-state index is 6.42. The van der Waals surface area contributed by atoms with Gasteiger partial charge in [0, 0.05) is 0 Å². The summed E-state index contributed by atoms with van der Waals surface area (Å²) in [7, 11) is -2.02. The molecule has 0 N–H and O–H groups in total. The van der Waals surface area contributed by atoms with Crippen molar-refractivity contribution in [3.63, 3.8) is 0 Å². The van der Waals surface area contributed by atoms with Crippen LogP contribution in [-0.2, 0) is 6.16 Å². The number of rotatable bonds is 5. The van der Waals surface area contributed by atoms with Gasteiger partial charge in [-0.3, -0.25) is 0 Å². The van der Waals surface area contributed by atoms with E-state index in [9.17, 15) is 0 Å². The third-order valence-electron chi connectivity index (χ3n) is 5.95. The highest BCUT2D eigenvalue weighted by molar-refractivity contribution is 7.95. The van der Waals surface area contributed by atoms with Crippen molar-refractivity contribution < 1.29 is 16.8 Å². The summed E-state index contributed by atoms with van der Waals surface area (Å²) in [5, 5.41) is 4.01. The molecule has 5 aromatic rings. The molecule has 32 heavy (non-hydrogen) atoms. The van der Waals surface area contributed by atoms with E-state index in [2.05, 4.69) is 117 Å². The predicted molar refractivity (Wildman–Crippen MR) is 132 cm³/mol. The molecule has 0 aliphatic heterocycles. The predicted octanol–water partition coefficient (Wildman–Crippen LogP) is 2.94. The van der Waals surface area contributed by atoms with Gasteiger partial charge in [0.25, 0.3) is 0 Å². The zero-order valence-corrected chi connectivity index (χ0v) is 19.9. The Balaban J connectivity index is 0.00000245. The SMILES string of the molecule is Cc1ccc(C)c2oc(C[P+](c3ccccc3)(c3ccccc3)c3ccccc3)nc12.[Cl-]. The van der Waals surface area contributed by atoms with Crippen LogP contribution in [0.2, 0.25) is 0 Å². The number of benzene rings is 4. The minimum absolute atomic E-state index is 0.